The van der Waals surface area contributed by atoms with E-state index in [1.165, 1.54) is 0 Å². The number of piperidine rings is 1. The van der Waals surface area contributed by atoms with E-state index in [0.29, 0.717) is 13.1 Å². The fourth-order valence-corrected chi connectivity index (χ4v) is 2.48. The van der Waals surface area contributed by atoms with Gasteiger partial charge in [0, 0.05) is 56.5 Å². The Hall–Kier alpha value is -1.98. The molecule has 20 heavy (non-hydrogen) atoms. The Morgan fingerprint density at radius 1 is 1.25 bits per heavy atom. The van der Waals surface area contributed by atoms with Crippen LogP contribution in [0.5, 0.6) is 0 Å². The Labute approximate surface area is 116 Å². The number of halogens is 2. The molecule has 0 spiro atoms. The zero-order valence-corrected chi connectivity index (χ0v) is 11.3. The van der Waals surface area contributed by atoms with Crippen LogP contribution < -0.4 is 4.90 Å². The van der Waals surface area contributed by atoms with Gasteiger partial charge in [-0.05, 0) is 12.1 Å². The Morgan fingerprint density at radius 2 is 2.00 bits per heavy atom. The molecule has 0 bridgehead atoms. The topological polar surface area (TPSA) is 34.0 Å². The van der Waals surface area contributed by atoms with E-state index in [-0.39, 0.29) is 12.8 Å². The number of hydrogen-bond donors (Lipinski definition) is 0. The van der Waals surface area contributed by atoms with Crippen molar-refractivity contribution in [1.82, 2.24) is 14.8 Å². The molecular formula is C14H16F2N4. The molecule has 0 aliphatic carbocycles. The molecule has 106 valence electrons. The van der Waals surface area contributed by atoms with Gasteiger partial charge in [0.1, 0.15) is 5.82 Å². The second-order valence-corrected chi connectivity index (χ2v) is 5.12. The highest BCUT2D eigenvalue weighted by Crippen LogP contribution is 2.34. The maximum absolute atomic E-state index is 13.3. The third-order valence-electron chi connectivity index (χ3n) is 3.60. The molecule has 6 heteroatoms. The summed E-state index contributed by atoms with van der Waals surface area (Å²) in [6.07, 6.45) is 5.13. The third kappa shape index (κ3) is 2.50. The first-order valence-electron chi connectivity index (χ1n) is 6.62. The van der Waals surface area contributed by atoms with E-state index >= 15 is 0 Å². The molecule has 4 nitrogen and oxygen atoms in total. The number of nitrogens with zero attached hydrogens (tertiary/aromatic N) is 4. The van der Waals surface area contributed by atoms with Crippen LogP contribution in [0.4, 0.5) is 14.6 Å². The molecule has 2 aromatic heterocycles. The molecule has 1 aliphatic rings. The average Bonchev–Trinajstić information content (AvgIpc) is 2.85. The highest BCUT2D eigenvalue weighted by Gasteiger charge is 2.34. The van der Waals surface area contributed by atoms with Crippen LogP contribution in [-0.2, 0) is 7.05 Å². The summed E-state index contributed by atoms with van der Waals surface area (Å²) in [6.45, 7) is 0.661. The van der Waals surface area contributed by atoms with Crippen molar-refractivity contribution in [1.29, 1.82) is 0 Å². The number of aryl methyl sites for hydroxylation is 1. The van der Waals surface area contributed by atoms with Crippen LogP contribution in [-0.4, -0.2) is 33.8 Å². The zero-order chi connectivity index (χ0) is 14.2. The lowest BCUT2D eigenvalue weighted by Crippen LogP contribution is -2.40. The monoisotopic (exact) mass is 278 g/mol. The molecule has 3 heterocycles. The Bertz CT molecular complexity index is 599. The summed E-state index contributed by atoms with van der Waals surface area (Å²) in [6, 6.07) is 3.80. The van der Waals surface area contributed by atoms with Crippen LogP contribution in [0.3, 0.4) is 0 Å². The summed E-state index contributed by atoms with van der Waals surface area (Å²) in [4.78, 5) is 6.31. The highest BCUT2D eigenvalue weighted by molar-refractivity contribution is 5.75. The summed E-state index contributed by atoms with van der Waals surface area (Å²) in [5.41, 5.74) is 1.89. The van der Waals surface area contributed by atoms with Crippen molar-refractivity contribution in [2.75, 3.05) is 18.0 Å². The highest BCUT2D eigenvalue weighted by atomic mass is 19.3. The number of aromatic nitrogens is 3. The van der Waals surface area contributed by atoms with Crippen LogP contribution >= 0.6 is 0 Å². The molecule has 0 aromatic carbocycles. The number of rotatable bonds is 2. The van der Waals surface area contributed by atoms with Crippen molar-refractivity contribution in [2.24, 2.45) is 7.05 Å². The van der Waals surface area contributed by atoms with Crippen LogP contribution in [0.1, 0.15) is 12.8 Å². The minimum absolute atomic E-state index is 0.115. The van der Waals surface area contributed by atoms with Crippen molar-refractivity contribution in [3.8, 4) is 11.1 Å². The SMILES string of the molecule is Cn1cc(-c2cccnc2N2CCC(F)(F)CC2)cn1. The molecule has 1 saturated heterocycles. The van der Waals surface area contributed by atoms with Gasteiger partial charge in [-0.15, -0.1) is 0 Å². The molecule has 3 rings (SSSR count). The van der Waals surface area contributed by atoms with E-state index in [1.807, 2.05) is 30.3 Å². The number of anilines is 1. The fourth-order valence-electron chi connectivity index (χ4n) is 2.48. The maximum atomic E-state index is 13.3. The molecule has 0 radical (unpaired) electrons. The van der Waals surface area contributed by atoms with Crippen LogP contribution in [0, 0.1) is 0 Å². The second-order valence-electron chi connectivity index (χ2n) is 5.12. The van der Waals surface area contributed by atoms with Crippen LogP contribution in [0.25, 0.3) is 11.1 Å². The first-order valence-corrected chi connectivity index (χ1v) is 6.62. The van der Waals surface area contributed by atoms with Gasteiger partial charge in [-0.2, -0.15) is 5.10 Å². The van der Waals surface area contributed by atoms with Crippen molar-refractivity contribution in [2.45, 2.75) is 18.8 Å². The maximum Gasteiger partial charge on any atom is 0.251 e. The minimum Gasteiger partial charge on any atom is -0.356 e. The van der Waals surface area contributed by atoms with Gasteiger partial charge in [-0.3, -0.25) is 4.68 Å². The van der Waals surface area contributed by atoms with Crippen molar-refractivity contribution >= 4 is 5.82 Å². The summed E-state index contributed by atoms with van der Waals surface area (Å²) in [5, 5.41) is 4.15. The van der Waals surface area contributed by atoms with Gasteiger partial charge in [0.2, 0.25) is 0 Å². The predicted octanol–water partition coefficient (Wildman–Crippen LogP) is 2.72. The van der Waals surface area contributed by atoms with Gasteiger partial charge in [0.05, 0.1) is 6.20 Å². The number of pyridine rings is 1. The molecule has 0 atom stereocenters. The average molecular weight is 278 g/mol. The smallest absolute Gasteiger partial charge is 0.251 e. The number of alkyl halides is 2. The Morgan fingerprint density at radius 3 is 2.65 bits per heavy atom. The summed E-state index contributed by atoms with van der Waals surface area (Å²) < 4.78 is 28.2. The molecule has 0 unspecified atom stereocenters. The summed E-state index contributed by atoms with van der Waals surface area (Å²) in [7, 11) is 1.85. The van der Waals surface area contributed by atoms with E-state index in [1.54, 1.807) is 17.1 Å². The van der Waals surface area contributed by atoms with E-state index < -0.39 is 5.92 Å². The molecule has 2 aromatic rings. The lowest BCUT2D eigenvalue weighted by atomic mass is 10.0. The Kier molecular flexibility index (Phi) is 3.16. The largest absolute Gasteiger partial charge is 0.356 e. The minimum atomic E-state index is -2.54. The van der Waals surface area contributed by atoms with E-state index in [9.17, 15) is 8.78 Å². The molecule has 0 amide bonds. The van der Waals surface area contributed by atoms with Gasteiger partial charge in [0.15, 0.2) is 0 Å². The summed E-state index contributed by atoms with van der Waals surface area (Å²) >= 11 is 0. The Balaban J connectivity index is 1.91. The lowest BCUT2D eigenvalue weighted by molar-refractivity contribution is -0.0221. The van der Waals surface area contributed by atoms with Gasteiger partial charge in [-0.1, -0.05) is 0 Å². The van der Waals surface area contributed by atoms with E-state index in [0.717, 1.165) is 16.9 Å². The zero-order valence-electron chi connectivity index (χ0n) is 11.3. The van der Waals surface area contributed by atoms with Gasteiger partial charge in [-0.25, -0.2) is 13.8 Å². The fraction of sp³-hybridized carbons (Fsp3) is 0.429. The van der Waals surface area contributed by atoms with Crippen molar-refractivity contribution in [3.63, 3.8) is 0 Å². The van der Waals surface area contributed by atoms with E-state index in [4.69, 9.17) is 0 Å². The predicted molar refractivity (Wildman–Crippen MR) is 72.8 cm³/mol. The summed E-state index contributed by atoms with van der Waals surface area (Å²) in [5.74, 6) is -1.78. The normalized spacial score (nSPS) is 18.2. The third-order valence-corrected chi connectivity index (χ3v) is 3.60. The molecule has 0 N–H and O–H groups in total. The second kappa shape index (κ2) is 4.85. The van der Waals surface area contributed by atoms with Crippen LogP contribution in [0.15, 0.2) is 30.7 Å². The van der Waals surface area contributed by atoms with Crippen molar-refractivity contribution in [3.05, 3.63) is 30.7 Å². The standard InChI is InChI=1S/C14H16F2N4/c1-19-10-11(9-18-19)12-3-2-6-17-13(12)20-7-4-14(15,16)5-8-20/h2-3,6,9-10H,4-5,7-8H2,1H3. The number of hydrogen-bond acceptors (Lipinski definition) is 3. The molecule has 1 aliphatic heterocycles. The lowest BCUT2D eigenvalue weighted by Gasteiger charge is -2.33. The molecule has 1 fully saturated rings. The van der Waals surface area contributed by atoms with Crippen LogP contribution in [0.2, 0.25) is 0 Å². The van der Waals surface area contributed by atoms with Gasteiger partial charge in [0.25, 0.3) is 5.92 Å². The first kappa shape index (κ1) is 13.0. The first-order chi connectivity index (χ1) is 9.55. The van der Waals surface area contributed by atoms with Gasteiger partial charge < -0.3 is 4.90 Å². The quantitative estimate of drug-likeness (QED) is 0.847. The van der Waals surface area contributed by atoms with Gasteiger partial charge >= 0.3 is 0 Å². The van der Waals surface area contributed by atoms with E-state index in [2.05, 4.69) is 10.1 Å². The van der Waals surface area contributed by atoms with Crippen molar-refractivity contribution < 1.29 is 8.78 Å². The molecule has 0 saturated carbocycles. The molecular weight excluding hydrogens is 262 g/mol.